The van der Waals surface area contributed by atoms with Crippen LogP contribution in [-0.2, 0) is 14.8 Å². The number of aromatic nitrogens is 1. The average Bonchev–Trinajstić information content (AvgIpc) is 2.49. The van der Waals surface area contributed by atoms with E-state index >= 15 is 0 Å². The molecule has 0 aliphatic rings. The molecule has 6 nitrogen and oxygen atoms in total. The van der Waals surface area contributed by atoms with Crippen molar-refractivity contribution in [3.8, 4) is 0 Å². The molecular formula is C14H16ClN3O3S. The van der Waals surface area contributed by atoms with Crippen LogP contribution in [0.25, 0.3) is 0 Å². The van der Waals surface area contributed by atoms with Gasteiger partial charge < -0.3 is 10.1 Å². The minimum atomic E-state index is -3.65. The molecule has 0 saturated carbocycles. The Balaban J connectivity index is 2.05. The summed E-state index contributed by atoms with van der Waals surface area (Å²) in [6, 6.07) is 9.26. The third-order valence-corrected chi connectivity index (χ3v) is 4.40. The third kappa shape index (κ3) is 4.59. The molecular weight excluding hydrogens is 326 g/mol. The summed E-state index contributed by atoms with van der Waals surface area (Å²) in [6.45, 7) is 1.19. The number of methoxy groups -OCH3 is 1. The Kier molecular flexibility index (Phi) is 5.59. The average molecular weight is 342 g/mol. The SMILES string of the molecule is COCCNc1ccc(NS(=O)(=O)c2ccc(Cl)cc2)cn1. The van der Waals surface area contributed by atoms with E-state index in [4.69, 9.17) is 16.3 Å². The molecule has 2 aromatic rings. The molecule has 22 heavy (non-hydrogen) atoms. The number of rotatable bonds is 7. The maximum Gasteiger partial charge on any atom is 0.261 e. The Morgan fingerprint density at radius 1 is 1.18 bits per heavy atom. The Bertz CT molecular complexity index is 703. The van der Waals surface area contributed by atoms with E-state index in [1.165, 1.54) is 30.5 Å². The monoisotopic (exact) mass is 341 g/mol. The van der Waals surface area contributed by atoms with Crippen LogP contribution >= 0.6 is 11.6 Å². The first kappa shape index (κ1) is 16.5. The fourth-order valence-electron chi connectivity index (χ4n) is 1.67. The highest BCUT2D eigenvalue weighted by atomic mass is 35.5. The van der Waals surface area contributed by atoms with E-state index in [1.54, 1.807) is 19.2 Å². The van der Waals surface area contributed by atoms with Crippen LogP contribution in [-0.4, -0.2) is 33.7 Å². The predicted molar refractivity (Wildman–Crippen MR) is 86.9 cm³/mol. The van der Waals surface area contributed by atoms with Gasteiger partial charge in [-0.3, -0.25) is 4.72 Å². The summed E-state index contributed by atoms with van der Waals surface area (Å²) in [5, 5.41) is 3.52. The van der Waals surface area contributed by atoms with Crippen molar-refractivity contribution in [3.63, 3.8) is 0 Å². The molecule has 1 heterocycles. The quantitative estimate of drug-likeness (QED) is 0.757. The number of pyridine rings is 1. The van der Waals surface area contributed by atoms with Crippen molar-refractivity contribution in [1.29, 1.82) is 0 Å². The first-order valence-electron chi connectivity index (χ1n) is 6.48. The Labute approximate surface area is 134 Å². The lowest BCUT2D eigenvalue weighted by molar-refractivity contribution is 0.210. The second-order valence-corrected chi connectivity index (χ2v) is 6.53. The van der Waals surface area contributed by atoms with Gasteiger partial charge in [-0.25, -0.2) is 13.4 Å². The van der Waals surface area contributed by atoms with E-state index in [-0.39, 0.29) is 4.90 Å². The molecule has 0 amide bonds. The number of hydrogen-bond acceptors (Lipinski definition) is 5. The molecule has 0 unspecified atom stereocenters. The summed E-state index contributed by atoms with van der Waals surface area (Å²) in [7, 11) is -2.04. The van der Waals surface area contributed by atoms with Gasteiger partial charge in [0.05, 0.1) is 23.4 Å². The van der Waals surface area contributed by atoms with Gasteiger partial charge in [0, 0.05) is 18.7 Å². The molecule has 8 heteroatoms. The zero-order chi connectivity index (χ0) is 16.0. The molecule has 0 aliphatic heterocycles. The van der Waals surface area contributed by atoms with Crippen molar-refractivity contribution in [1.82, 2.24) is 4.98 Å². The topological polar surface area (TPSA) is 80.3 Å². The number of sulfonamides is 1. The second-order valence-electron chi connectivity index (χ2n) is 4.41. The Morgan fingerprint density at radius 3 is 2.50 bits per heavy atom. The van der Waals surface area contributed by atoms with Gasteiger partial charge in [-0.2, -0.15) is 0 Å². The summed E-state index contributed by atoms with van der Waals surface area (Å²) in [4.78, 5) is 4.27. The van der Waals surface area contributed by atoms with Crippen LogP contribution < -0.4 is 10.0 Å². The number of anilines is 2. The molecule has 0 radical (unpaired) electrons. The zero-order valence-corrected chi connectivity index (χ0v) is 13.5. The van der Waals surface area contributed by atoms with Gasteiger partial charge in [0.15, 0.2) is 0 Å². The second kappa shape index (κ2) is 7.44. The minimum absolute atomic E-state index is 0.138. The number of ether oxygens (including phenoxy) is 1. The number of benzene rings is 1. The molecule has 0 fully saturated rings. The lowest BCUT2D eigenvalue weighted by Gasteiger charge is -2.09. The molecule has 0 atom stereocenters. The maximum atomic E-state index is 12.2. The number of hydrogen-bond donors (Lipinski definition) is 2. The smallest absolute Gasteiger partial charge is 0.261 e. The van der Waals surface area contributed by atoms with Crippen LogP contribution in [0.3, 0.4) is 0 Å². The van der Waals surface area contributed by atoms with Crippen molar-refractivity contribution >= 4 is 33.1 Å². The van der Waals surface area contributed by atoms with E-state index in [1.807, 2.05) is 0 Å². The summed E-state index contributed by atoms with van der Waals surface area (Å²) >= 11 is 5.75. The van der Waals surface area contributed by atoms with Gasteiger partial charge in [0.1, 0.15) is 5.82 Å². The highest BCUT2D eigenvalue weighted by molar-refractivity contribution is 7.92. The van der Waals surface area contributed by atoms with E-state index in [0.717, 1.165) is 0 Å². The highest BCUT2D eigenvalue weighted by Crippen LogP contribution is 2.18. The Morgan fingerprint density at radius 2 is 1.91 bits per heavy atom. The van der Waals surface area contributed by atoms with Crippen molar-refractivity contribution in [2.45, 2.75) is 4.90 Å². The maximum absolute atomic E-state index is 12.2. The number of nitrogens with one attached hydrogen (secondary N) is 2. The normalized spacial score (nSPS) is 11.2. The van der Waals surface area contributed by atoms with Gasteiger partial charge in [0.2, 0.25) is 0 Å². The van der Waals surface area contributed by atoms with E-state index < -0.39 is 10.0 Å². The molecule has 0 bridgehead atoms. The molecule has 1 aromatic heterocycles. The standard InChI is InChI=1S/C14H16ClN3O3S/c1-21-9-8-16-14-7-4-12(10-17-14)18-22(19,20)13-5-2-11(15)3-6-13/h2-7,10,18H,8-9H2,1H3,(H,16,17). The van der Waals surface area contributed by atoms with Crippen molar-refractivity contribution in [2.75, 3.05) is 30.3 Å². The minimum Gasteiger partial charge on any atom is -0.383 e. The highest BCUT2D eigenvalue weighted by Gasteiger charge is 2.14. The van der Waals surface area contributed by atoms with E-state index in [2.05, 4.69) is 15.0 Å². The van der Waals surface area contributed by atoms with Crippen molar-refractivity contribution < 1.29 is 13.2 Å². The van der Waals surface area contributed by atoms with Crippen LogP contribution in [0.5, 0.6) is 0 Å². The summed E-state index contributed by atoms with van der Waals surface area (Å²) in [5.41, 5.74) is 0.382. The van der Waals surface area contributed by atoms with Crippen LogP contribution in [0.15, 0.2) is 47.5 Å². The van der Waals surface area contributed by atoms with Crippen LogP contribution in [0.4, 0.5) is 11.5 Å². The molecule has 2 N–H and O–H groups in total. The molecule has 1 aromatic carbocycles. The zero-order valence-electron chi connectivity index (χ0n) is 11.9. The summed E-state index contributed by atoms with van der Waals surface area (Å²) in [6.07, 6.45) is 1.45. The number of nitrogens with zero attached hydrogens (tertiary/aromatic N) is 1. The van der Waals surface area contributed by atoms with Crippen molar-refractivity contribution in [2.24, 2.45) is 0 Å². The lowest BCUT2D eigenvalue weighted by atomic mass is 10.4. The van der Waals surface area contributed by atoms with Gasteiger partial charge in [-0.1, -0.05) is 11.6 Å². The first-order chi connectivity index (χ1) is 10.5. The van der Waals surface area contributed by atoms with Gasteiger partial charge in [0.25, 0.3) is 10.0 Å². The fraction of sp³-hybridized carbons (Fsp3) is 0.214. The van der Waals surface area contributed by atoms with Crippen LogP contribution in [0, 0.1) is 0 Å². The molecule has 118 valence electrons. The largest absolute Gasteiger partial charge is 0.383 e. The molecule has 0 saturated heterocycles. The molecule has 0 aliphatic carbocycles. The fourth-order valence-corrected chi connectivity index (χ4v) is 2.84. The summed E-state index contributed by atoms with van der Waals surface area (Å²) < 4.78 is 31.8. The third-order valence-electron chi connectivity index (χ3n) is 2.75. The van der Waals surface area contributed by atoms with E-state index in [9.17, 15) is 8.42 Å². The van der Waals surface area contributed by atoms with Crippen molar-refractivity contribution in [3.05, 3.63) is 47.6 Å². The van der Waals surface area contributed by atoms with E-state index in [0.29, 0.717) is 29.7 Å². The van der Waals surface area contributed by atoms with Gasteiger partial charge >= 0.3 is 0 Å². The lowest BCUT2D eigenvalue weighted by Crippen LogP contribution is -2.13. The predicted octanol–water partition coefficient (Wildman–Crippen LogP) is 2.59. The van der Waals surface area contributed by atoms with Gasteiger partial charge in [-0.15, -0.1) is 0 Å². The molecule has 0 spiro atoms. The Hall–Kier alpha value is -1.83. The van der Waals surface area contributed by atoms with Gasteiger partial charge in [-0.05, 0) is 36.4 Å². The first-order valence-corrected chi connectivity index (χ1v) is 8.34. The van der Waals surface area contributed by atoms with Crippen LogP contribution in [0.1, 0.15) is 0 Å². The summed E-state index contributed by atoms with van der Waals surface area (Å²) in [5.74, 6) is 0.645. The molecule has 2 rings (SSSR count). The van der Waals surface area contributed by atoms with Crippen LogP contribution in [0.2, 0.25) is 5.02 Å². The number of halogens is 1.